The van der Waals surface area contributed by atoms with E-state index in [9.17, 15) is 4.79 Å². The van der Waals surface area contributed by atoms with Crippen LogP contribution in [0.15, 0.2) is 24.5 Å². The van der Waals surface area contributed by atoms with Gasteiger partial charge >= 0.3 is 6.03 Å². The van der Waals surface area contributed by atoms with E-state index in [1.807, 2.05) is 30.9 Å². The van der Waals surface area contributed by atoms with Crippen LogP contribution in [0.5, 0.6) is 0 Å². The van der Waals surface area contributed by atoms with Gasteiger partial charge in [-0.1, -0.05) is 0 Å². The number of pyridine rings is 1. The maximum absolute atomic E-state index is 11.6. The van der Waals surface area contributed by atoms with Crippen LogP contribution in [0.2, 0.25) is 0 Å². The molecule has 16 heavy (non-hydrogen) atoms. The number of urea groups is 1. The van der Waals surface area contributed by atoms with Crippen molar-refractivity contribution in [1.82, 2.24) is 15.2 Å². The van der Waals surface area contributed by atoms with Crippen molar-refractivity contribution in [1.29, 1.82) is 0 Å². The van der Waals surface area contributed by atoms with Gasteiger partial charge in [0.2, 0.25) is 0 Å². The zero-order valence-corrected chi connectivity index (χ0v) is 9.68. The molecular weight excluding hydrogens is 202 g/mol. The summed E-state index contributed by atoms with van der Waals surface area (Å²) in [5, 5.41) is 3.00. The number of amides is 2. The largest absolute Gasteiger partial charge is 0.333 e. The summed E-state index contributed by atoms with van der Waals surface area (Å²) in [4.78, 5) is 17.5. The molecule has 2 rings (SSSR count). The van der Waals surface area contributed by atoms with E-state index in [4.69, 9.17) is 0 Å². The van der Waals surface area contributed by atoms with E-state index >= 15 is 0 Å². The molecule has 1 atom stereocenters. The van der Waals surface area contributed by atoms with Gasteiger partial charge in [-0.05, 0) is 38.0 Å². The monoisotopic (exact) mass is 219 g/mol. The molecule has 0 radical (unpaired) electrons. The third-order valence-corrected chi connectivity index (χ3v) is 2.86. The Balaban J connectivity index is 1.97. The molecule has 4 heteroatoms. The standard InChI is InChI=1S/C12H17N3O/c1-9(2)15-8-11(14-12(15)16)7-10-3-5-13-6-4-10/h3-6,9,11H,7-8H2,1-2H3,(H,14,16)/t11-/m1/s1. The van der Waals surface area contributed by atoms with Gasteiger partial charge in [0.25, 0.3) is 0 Å². The zero-order chi connectivity index (χ0) is 11.5. The lowest BCUT2D eigenvalue weighted by atomic mass is 10.1. The molecular formula is C12H17N3O. The van der Waals surface area contributed by atoms with Crippen LogP contribution < -0.4 is 5.32 Å². The van der Waals surface area contributed by atoms with Crippen molar-refractivity contribution >= 4 is 6.03 Å². The number of hydrogen-bond acceptors (Lipinski definition) is 2. The van der Waals surface area contributed by atoms with Crippen molar-refractivity contribution < 1.29 is 4.79 Å². The van der Waals surface area contributed by atoms with Crippen molar-refractivity contribution in [3.8, 4) is 0 Å². The van der Waals surface area contributed by atoms with Crippen LogP contribution in [0.3, 0.4) is 0 Å². The highest BCUT2D eigenvalue weighted by Crippen LogP contribution is 2.12. The number of hydrogen-bond donors (Lipinski definition) is 1. The van der Waals surface area contributed by atoms with Crippen LogP contribution >= 0.6 is 0 Å². The van der Waals surface area contributed by atoms with Gasteiger partial charge in [0.05, 0.1) is 6.04 Å². The number of carbonyl (C=O) groups excluding carboxylic acids is 1. The molecule has 0 aliphatic carbocycles. The number of carbonyl (C=O) groups is 1. The van der Waals surface area contributed by atoms with Crippen LogP contribution in [0.1, 0.15) is 19.4 Å². The first-order chi connectivity index (χ1) is 7.66. The van der Waals surface area contributed by atoms with E-state index in [1.54, 1.807) is 12.4 Å². The molecule has 0 unspecified atom stereocenters. The van der Waals surface area contributed by atoms with Crippen LogP contribution in [0.25, 0.3) is 0 Å². The molecule has 4 nitrogen and oxygen atoms in total. The lowest BCUT2D eigenvalue weighted by Crippen LogP contribution is -2.33. The second kappa shape index (κ2) is 4.51. The first kappa shape index (κ1) is 10.9. The normalized spacial score (nSPS) is 20.3. The first-order valence-corrected chi connectivity index (χ1v) is 5.63. The highest BCUT2D eigenvalue weighted by molar-refractivity contribution is 5.77. The topological polar surface area (TPSA) is 45.2 Å². The molecule has 0 spiro atoms. The van der Waals surface area contributed by atoms with E-state index in [-0.39, 0.29) is 18.1 Å². The Bertz CT molecular complexity index is 364. The lowest BCUT2D eigenvalue weighted by molar-refractivity contribution is 0.206. The molecule has 1 aromatic heterocycles. The Morgan fingerprint density at radius 3 is 2.75 bits per heavy atom. The van der Waals surface area contributed by atoms with Gasteiger partial charge < -0.3 is 10.2 Å². The highest BCUT2D eigenvalue weighted by Gasteiger charge is 2.29. The fourth-order valence-electron chi connectivity index (χ4n) is 1.99. The maximum atomic E-state index is 11.6. The molecule has 1 aliphatic heterocycles. The molecule has 0 saturated carbocycles. The summed E-state index contributed by atoms with van der Waals surface area (Å²) in [6, 6.07) is 4.52. The fourth-order valence-corrected chi connectivity index (χ4v) is 1.99. The van der Waals surface area contributed by atoms with Crippen LogP contribution in [0.4, 0.5) is 4.79 Å². The van der Waals surface area contributed by atoms with E-state index in [0.29, 0.717) is 0 Å². The number of nitrogens with one attached hydrogen (secondary N) is 1. The van der Waals surface area contributed by atoms with Gasteiger partial charge in [-0.15, -0.1) is 0 Å². The van der Waals surface area contributed by atoms with Crippen LogP contribution in [-0.4, -0.2) is 34.5 Å². The van der Waals surface area contributed by atoms with E-state index < -0.39 is 0 Å². The smallest absolute Gasteiger partial charge is 0.317 e. The van der Waals surface area contributed by atoms with Crippen molar-refractivity contribution in [3.05, 3.63) is 30.1 Å². The van der Waals surface area contributed by atoms with Crippen LogP contribution in [0, 0.1) is 0 Å². The van der Waals surface area contributed by atoms with Gasteiger partial charge in [0.15, 0.2) is 0 Å². The zero-order valence-electron chi connectivity index (χ0n) is 9.68. The van der Waals surface area contributed by atoms with Crippen molar-refractivity contribution in [2.45, 2.75) is 32.4 Å². The number of rotatable bonds is 3. The Morgan fingerprint density at radius 1 is 1.50 bits per heavy atom. The Kier molecular flexibility index (Phi) is 3.08. The summed E-state index contributed by atoms with van der Waals surface area (Å²) < 4.78 is 0. The molecule has 2 heterocycles. The Hall–Kier alpha value is -1.58. The Labute approximate surface area is 95.7 Å². The molecule has 2 amide bonds. The number of nitrogens with zero attached hydrogens (tertiary/aromatic N) is 2. The average Bonchev–Trinajstić information content (AvgIpc) is 2.61. The highest BCUT2D eigenvalue weighted by atomic mass is 16.2. The van der Waals surface area contributed by atoms with Gasteiger partial charge in [-0.25, -0.2) is 4.79 Å². The molecule has 86 valence electrons. The molecule has 0 bridgehead atoms. The van der Waals surface area contributed by atoms with Gasteiger partial charge in [0, 0.05) is 25.0 Å². The van der Waals surface area contributed by atoms with Crippen molar-refractivity contribution in [2.75, 3.05) is 6.54 Å². The molecule has 1 aromatic rings. The average molecular weight is 219 g/mol. The summed E-state index contributed by atoms with van der Waals surface area (Å²) in [5.41, 5.74) is 1.21. The van der Waals surface area contributed by atoms with Gasteiger partial charge in [-0.2, -0.15) is 0 Å². The summed E-state index contributed by atoms with van der Waals surface area (Å²) >= 11 is 0. The summed E-state index contributed by atoms with van der Waals surface area (Å²) in [6.07, 6.45) is 4.44. The molecule has 1 aliphatic rings. The van der Waals surface area contributed by atoms with Gasteiger partial charge in [0.1, 0.15) is 0 Å². The molecule has 1 saturated heterocycles. The van der Waals surface area contributed by atoms with Crippen LogP contribution in [-0.2, 0) is 6.42 Å². The summed E-state index contributed by atoms with van der Waals surface area (Å²) in [5.74, 6) is 0. The fraction of sp³-hybridized carbons (Fsp3) is 0.500. The summed E-state index contributed by atoms with van der Waals surface area (Å²) in [7, 11) is 0. The minimum Gasteiger partial charge on any atom is -0.333 e. The SMILES string of the molecule is CC(C)N1C[C@@H](Cc2ccncc2)NC1=O. The third-order valence-electron chi connectivity index (χ3n) is 2.86. The van der Waals surface area contributed by atoms with E-state index in [2.05, 4.69) is 10.3 Å². The molecule has 0 aromatic carbocycles. The second-order valence-electron chi connectivity index (χ2n) is 4.45. The maximum Gasteiger partial charge on any atom is 0.317 e. The van der Waals surface area contributed by atoms with Crippen molar-refractivity contribution in [3.63, 3.8) is 0 Å². The third kappa shape index (κ3) is 2.32. The quantitative estimate of drug-likeness (QED) is 0.835. The predicted molar refractivity (Wildman–Crippen MR) is 62.1 cm³/mol. The first-order valence-electron chi connectivity index (χ1n) is 5.63. The minimum atomic E-state index is 0.0501. The number of aromatic nitrogens is 1. The Morgan fingerprint density at radius 2 is 2.19 bits per heavy atom. The summed E-state index contributed by atoms with van der Waals surface area (Å²) in [6.45, 7) is 4.86. The molecule has 1 N–H and O–H groups in total. The lowest BCUT2D eigenvalue weighted by Gasteiger charge is -2.18. The molecule has 1 fully saturated rings. The minimum absolute atomic E-state index is 0.0501. The van der Waals surface area contributed by atoms with Gasteiger partial charge in [-0.3, -0.25) is 4.98 Å². The van der Waals surface area contributed by atoms with E-state index in [1.165, 1.54) is 5.56 Å². The second-order valence-corrected chi connectivity index (χ2v) is 4.45. The predicted octanol–water partition coefficient (Wildman–Crippen LogP) is 1.43. The van der Waals surface area contributed by atoms with E-state index in [0.717, 1.165) is 13.0 Å². The van der Waals surface area contributed by atoms with Crippen molar-refractivity contribution in [2.24, 2.45) is 0 Å².